The molecule has 0 bridgehead atoms. The van der Waals surface area contributed by atoms with Crippen LogP contribution < -0.4 is 0 Å². The highest BCUT2D eigenvalue weighted by atomic mass is 19.1. The maximum absolute atomic E-state index is 12.6. The smallest absolute Gasteiger partial charge is 0.123 e. The fourth-order valence-electron chi connectivity index (χ4n) is 1.63. The highest BCUT2D eigenvalue weighted by Gasteiger charge is 2.19. The van der Waals surface area contributed by atoms with Gasteiger partial charge in [0.2, 0.25) is 0 Å². The van der Waals surface area contributed by atoms with Gasteiger partial charge >= 0.3 is 0 Å². The number of carbonyl (C=O) groups is 1. The van der Waals surface area contributed by atoms with Crippen LogP contribution in [0.25, 0.3) is 0 Å². The van der Waals surface area contributed by atoms with Crippen LogP contribution in [0.4, 0.5) is 4.39 Å². The molecule has 0 N–H and O–H groups in total. The zero-order chi connectivity index (χ0) is 8.97. The topological polar surface area (TPSA) is 20.3 Å². The molecule has 0 saturated carbocycles. The fourth-order valence-corrected chi connectivity index (χ4v) is 1.63. The van der Waals surface area contributed by atoms with E-state index in [4.69, 9.17) is 0 Å². The Morgan fingerprint density at radius 2 is 2.17 bits per heavy atom. The molecule has 0 amide bonds. The van der Waals surface area contributed by atoms with E-state index in [1.54, 1.807) is 6.92 Å². The van der Waals surface area contributed by atoms with E-state index in [1.165, 1.54) is 0 Å². The van der Waals surface area contributed by atoms with Crippen molar-refractivity contribution in [2.45, 2.75) is 25.9 Å². The van der Waals surface area contributed by atoms with Crippen molar-refractivity contribution in [1.82, 2.24) is 4.90 Å². The summed E-state index contributed by atoms with van der Waals surface area (Å²) < 4.78 is 12.6. The van der Waals surface area contributed by atoms with Gasteiger partial charge in [0.15, 0.2) is 0 Å². The highest BCUT2D eigenvalue weighted by molar-refractivity contribution is 5.53. The van der Waals surface area contributed by atoms with Crippen LogP contribution in [0.5, 0.6) is 0 Å². The van der Waals surface area contributed by atoms with E-state index in [0.717, 1.165) is 32.2 Å². The van der Waals surface area contributed by atoms with Gasteiger partial charge in [0, 0.05) is 12.5 Å². The quantitative estimate of drug-likeness (QED) is 0.599. The molecule has 1 aliphatic rings. The van der Waals surface area contributed by atoms with Gasteiger partial charge in [-0.25, -0.2) is 4.39 Å². The lowest BCUT2D eigenvalue weighted by Gasteiger charge is -2.29. The standard InChI is InChI=1S/C9H16FNO/c1-8(10)6-11-4-2-9(7-12)3-5-11/h7-9H,2-6H2,1H3/t8-/m1/s1. The Bertz CT molecular complexity index is 141. The van der Waals surface area contributed by atoms with Crippen LogP contribution in [-0.4, -0.2) is 37.0 Å². The zero-order valence-electron chi connectivity index (χ0n) is 7.50. The van der Waals surface area contributed by atoms with Gasteiger partial charge in [-0.05, 0) is 32.9 Å². The van der Waals surface area contributed by atoms with Gasteiger partial charge in [-0.15, -0.1) is 0 Å². The second kappa shape index (κ2) is 4.55. The van der Waals surface area contributed by atoms with Crippen LogP contribution in [0, 0.1) is 5.92 Å². The van der Waals surface area contributed by atoms with E-state index in [0.29, 0.717) is 6.54 Å². The number of nitrogens with zero attached hydrogens (tertiary/aromatic N) is 1. The summed E-state index contributed by atoms with van der Waals surface area (Å²) in [6.07, 6.45) is 2.07. The molecule has 0 radical (unpaired) electrons. The summed E-state index contributed by atoms with van der Waals surface area (Å²) in [6.45, 7) is 3.84. The SMILES string of the molecule is C[C@@H](F)CN1CCC(C=O)CC1. The first-order valence-electron chi connectivity index (χ1n) is 4.54. The molecule has 2 nitrogen and oxygen atoms in total. The van der Waals surface area contributed by atoms with Crippen molar-refractivity contribution in [2.24, 2.45) is 5.92 Å². The fraction of sp³-hybridized carbons (Fsp3) is 0.889. The molecule has 0 spiro atoms. The first kappa shape index (κ1) is 9.65. The Labute approximate surface area is 72.7 Å². The highest BCUT2D eigenvalue weighted by Crippen LogP contribution is 2.15. The van der Waals surface area contributed by atoms with Crippen LogP contribution in [0.3, 0.4) is 0 Å². The largest absolute Gasteiger partial charge is 0.303 e. The number of rotatable bonds is 3. The van der Waals surface area contributed by atoms with Crippen LogP contribution in [0.2, 0.25) is 0 Å². The van der Waals surface area contributed by atoms with Crippen molar-refractivity contribution in [3.63, 3.8) is 0 Å². The van der Waals surface area contributed by atoms with Crippen molar-refractivity contribution in [3.05, 3.63) is 0 Å². The number of halogens is 1. The van der Waals surface area contributed by atoms with Gasteiger partial charge in [-0.1, -0.05) is 0 Å². The molecule has 12 heavy (non-hydrogen) atoms. The van der Waals surface area contributed by atoms with Crippen LogP contribution in [0.15, 0.2) is 0 Å². The Kier molecular flexibility index (Phi) is 3.66. The average Bonchev–Trinajstić information content (AvgIpc) is 2.05. The molecule has 3 heteroatoms. The molecule has 1 heterocycles. The second-order valence-corrected chi connectivity index (χ2v) is 3.55. The molecule has 0 aromatic rings. The Morgan fingerprint density at radius 1 is 1.58 bits per heavy atom. The van der Waals surface area contributed by atoms with Gasteiger partial charge in [0.05, 0.1) is 0 Å². The van der Waals surface area contributed by atoms with Crippen molar-refractivity contribution in [2.75, 3.05) is 19.6 Å². The minimum Gasteiger partial charge on any atom is -0.303 e. The number of carbonyl (C=O) groups excluding carboxylic acids is 1. The van der Waals surface area contributed by atoms with Crippen molar-refractivity contribution in [3.8, 4) is 0 Å². The summed E-state index contributed by atoms with van der Waals surface area (Å²) in [4.78, 5) is 12.5. The summed E-state index contributed by atoms with van der Waals surface area (Å²) in [5.41, 5.74) is 0. The average molecular weight is 173 g/mol. The molecule has 0 unspecified atom stereocenters. The molecule has 0 aromatic heterocycles. The van der Waals surface area contributed by atoms with Crippen LogP contribution >= 0.6 is 0 Å². The van der Waals surface area contributed by atoms with Gasteiger partial charge in [0.1, 0.15) is 12.5 Å². The third-order valence-electron chi connectivity index (χ3n) is 2.33. The van der Waals surface area contributed by atoms with E-state index < -0.39 is 6.17 Å². The molecule has 1 aliphatic heterocycles. The summed E-state index contributed by atoms with van der Waals surface area (Å²) >= 11 is 0. The lowest BCUT2D eigenvalue weighted by atomic mass is 9.98. The lowest BCUT2D eigenvalue weighted by molar-refractivity contribution is -0.112. The van der Waals surface area contributed by atoms with Gasteiger partial charge in [0.25, 0.3) is 0 Å². The second-order valence-electron chi connectivity index (χ2n) is 3.55. The predicted octanol–water partition coefficient (Wildman–Crippen LogP) is 1.26. The molecule has 1 fully saturated rings. The minimum atomic E-state index is -0.752. The van der Waals surface area contributed by atoms with E-state index in [1.807, 2.05) is 0 Å². The maximum Gasteiger partial charge on any atom is 0.123 e. The number of likely N-dealkylation sites (tertiary alicyclic amines) is 1. The third kappa shape index (κ3) is 2.89. The lowest BCUT2D eigenvalue weighted by Crippen LogP contribution is -2.37. The molecule has 1 rings (SSSR count). The monoisotopic (exact) mass is 173 g/mol. The maximum atomic E-state index is 12.6. The van der Waals surface area contributed by atoms with Crippen LogP contribution in [0.1, 0.15) is 19.8 Å². The van der Waals surface area contributed by atoms with Crippen LogP contribution in [-0.2, 0) is 4.79 Å². The van der Waals surface area contributed by atoms with Gasteiger partial charge < -0.3 is 9.69 Å². The molecule has 0 aliphatic carbocycles. The predicted molar refractivity (Wildman–Crippen MR) is 45.8 cm³/mol. The number of hydrogen-bond acceptors (Lipinski definition) is 2. The van der Waals surface area contributed by atoms with E-state index in [2.05, 4.69) is 4.90 Å². The molecule has 1 saturated heterocycles. The zero-order valence-corrected chi connectivity index (χ0v) is 7.50. The molecule has 70 valence electrons. The van der Waals surface area contributed by atoms with E-state index >= 15 is 0 Å². The number of hydrogen-bond donors (Lipinski definition) is 0. The van der Waals surface area contributed by atoms with E-state index in [9.17, 15) is 9.18 Å². The third-order valence-corrected chi connectivity index (χ3v) is 2.33. The molecular formula is C9H16FNO. The molecule has 0 aromatic carbocycles. The van der Waals surface area contributed by atoms with Gasteiger partial charge in [-0.3, -0.25) is 0 Å². The number of aldehydes is 1. The molecular weight excluding hydrogens is 157 g/mol. The Balaban J connectivity index is 2.21. The normalized spacial score (nSPS) is 23.8. The number of alkyl halides is 1. The van der Waals surface area contributed by atoms with E-state index in [-0.39, 0.29) is 5.92 Å². The first-order valence-corrected chi connectivity index (χ1v) is 4.54. The summed E-state index contributed by atoms with van der Waals surface area (Å²) in [5, 5.41) is 0. The Hall–Kier alpha value is -0.440. The van der Waals surface area contributed by atoms with Gasteiger partial charge in [-0.2, -0.15) is 0 Å². The first-order chi connectivity index (χ1) is 5.72. The summed E-state index contributed by atoms with van der Waals surface area (Å²) in [7, 11) is 0. The Morgan fingerprint density at radius 3 is 2.58 bits per heavy atom. The summed E-state index contributed by atoms with van der Waals surface area (Å²) in [6, 6.07) is 0. The molecule has 1 atom stereocenters. The van der Waals surface area contributed by atoms with Crippen molar-refractivity contribution in [1.29, 1.82) is 0 Å². The number of piperidine rings is 1. The van der Waals surface area contributed by atoms with Crippen molar-refractivity contribution >= 4 is 6.29 Å². The summed E-state index contributed by atoms with van der Waals surface area (Å²) in [5.74, 6) is 0.219. The minimum absolute atomic E-state index is 0.219. The van der Waals surface area contributed by atoms with Crippen molar-refractivity contribution < 1.29 is 9.18 Å².